The summed E-state index contributed by atoms with van der Waals surface area (Å²) in [6.45, 7) is 4.10. The summed E-state index contributed by atoms with van der Waals surface area (Å²) in [6, 6.07) is 8.44. The van der Waals surface area contributed by atoms with Crippen molar-refractivity contribution < 1.29 is 18.8 Å². The molecule has 3 N–H and O–H groups in total. The van der Waals surface area contributed by atoms with Gasteiger partial charge in [0.1, 0.15) is 0 Å². The van der Waals surface area contributed by atoms with Crippen molar-refractivity contribution in [2.24, 2.45) is 5.92 Å². The van der Waals surface area contributed by atoms with Crippen molar-refractivity contribution in [3.8, 4) is 11.6 Å². The third-order valence-electron chi connectivity index (χ3n) is 3.52. The molecule has 0 saturated heterocycles. The van der Waals surface area contributed by atoms with E-state index >= 15 is 0 Å². The quantitative estimate of drug-likeness (QED) is 0.491. The van der Waals surface area contributed by atoms with Crippen LogP contribution in [0, 0.1) is 5.92 Å². The molecule has 0 aliphatic rings. The van der Waals surface area contributed by atoms with Crippen molar-refractivity contribution >= 4 is 35.7 Å². The molecule has 23 heavy (non-hydrogen) atoms. The van der Waals surface area contributed by atoms with E-state index in [1.165, 1.54) is 12.1 Å². The average Bonchev–Trinajstić information content (AvgIpc) is 3.11. The van der Waals surface area contributed by atoms with Gasteiger partial charge in [0.25, 0.3) is 0 Å². The predicted molar refractivity (Wildman–Crippen MR) is 88.9 cm³/mol. The van der Waals surface area contributed by atoms with Crippen LogP contribution in [0.5, 0.6) is 0 Å². The predicted octanol–water partition coefficient (Wildman–Crippen LogP) is 3.56. The second-order valence-corrected chi connectivity index (χ2v) is 7.69. The number of fused-ring (bicyclic) bond motifs is 1. The first kappa shape index (κ1) is 16.3. The molecule has 3 aromatic rings. The Balaban J connectivity index is 2.00. The van der Waals surface area contributed by atoms with E-state index < -0.39 is 7.60 Å². The van der Waals surface area contributed by atoms with Crippen LogP contribution in [0.25, 0.3) is 22.6 Å². The molecule has 0 amide bonds. The van der Waals surface area contributed by atoms with E-state index in [4.69, 9.17) is 25.8 Å². The number of H-pyrrole nitrogens is 1. The number of halogens is 1. The normalized spacial score (nSPS) is 13.8. The van der Waals surface area contributed by atoms with Gasteiger partial charge < -0.3 is 19.2 Å². The molecule has 0 saturated carbocycles. The van der Waals surface area contributed by atoms with Gasteiger partial charge in [-0.2, -0.15) is 0 Å². The molecule has 0 fully saturated rings. The topological polar surface area (TPSA) is 99.3 Å². The summed E-state index contributed by atoms with van der Waals surface area (Å²) < 4.78 is 16.4. The van der Waals surface area contributed by atoms with Crippen molar-refractivity contribution in [3.05, 3.63) is 35.9 Å². The maximum Gasteiger partial charge on any atom is 0.391 e. The molecule has 0 aliphatic carbocycles. The molecule has 1 unspecified atom stereocenters. The molecule has 1 atom stereocenters. The van der Waals surface area contributed by atoms with Crippen molar-refractivity contribution in [1.29, 1.82) is 0 Å². The van der Waals surface area contributed by atoms with Gasteiger partial charge in [-0.15, -0.1) is 11.6 Å². The fraction of sp³-hybridized carbons (Fsp3) is 0.267. The standard InChI is InChI=1S/C15H16ClN2O4P/c1-8(2)14(16)9-3-4-10-11(7-9)18-15(17-10)12-5-6-13(22-12)23(19,20)21/h3-8,14H,1-2H3,(H,17,18)(H2,19,20,21). The molecular weight excluding hydrogens is 339 g/mol. The van der Waals surface area contributed by atoms with Crippen LogP contribution in [0.3, 0.4) is 0 Å². The molecule has 3 rings (SSSR count). The van der Waals surface area contributed by atoms with Gasteiger partial charge in [0.2, 0.25) is 5.50 Å². The SMILES string of the molecule is CC(C)C(Cl)c1ccc2nc(-c3ccc(P(=O)(O)O)o3)[nH]c2c1. The highest BCUT2D eigenvalue weighted by Crippen LogP contribution is 2.35. The van der Waals surface area contributed by atoms with Crippen LogP contribution in [0.2, 0.25) is 0 Å². The van der Waals surface area contributed by atoms with E-state index in [1.807, 2.05) is 32.0 Å². The van der Waals surface area contributed by atoms with Gasteiger partial charge in [0.05, 0.1) is 16.4 Å². The van der Waals surface area contributed by atoms with Gasteiger partial charge in [-0.25, -0.2) is 4.98 Å². The van der Waals surface area contributed by atoms with E-state index in [-0.39, 0.29) is 16.6 Å². The number of benzene rings is 1. The second-order valence-electron chi connectivity index (χ2n) is 5.69. The van der Waals surface area contributed by atoms with E-state index in [0.29, 0.717) is 11.7 Å². The summed E-state index contributed by atoms with van der Waals surface area (Å²) >= 11 is 6.38. The molecular formula is C15H16ClN2O4P. The van der Waals surface area contributed by atoms with Crippen molar-refractivity contribution in [3.63, 3.8) is 0 Å². The minimum Gasteiger partial charge on any atom is -0.445 e. The Hall–Kier alpha value is -1.59. The van der Waals surface area contributed by atoms with Crippen molar-refractivity contribution in [2.45, 2.75) is 19.2 Å². The van der Waals surface area contributed by atoms with Gasteiger partial charge in [-0.05, 0) is 35.7 Å². The molecule has 0 radical (unpaired) electrons. The molecule has 0 bridgehead atoms. The fourth-order valence-corrected chi connectivity index (χ4v) is 2.93. The Morgan fingerprint density at radius 2 is 2.00 bits per heavy atom. The van der Waals surface area contributed by atoms with E-state index in [0.717, 1.165) is 16.6 Å². The lowest BCUT2D eigenvalue weighted by atomic mass is 10.0. The maximum absolute atomic E-state index is 11.2. The molecule has 6 nitrogen and oxygen atoms in total. The summed E-state index contributed by atoms with van der Waals surface area (Å²) in [5.74, 6) is 0.979. The molecule has 0 aliphatic heterocycles. The number of imidazole rings is 1. The number of hydrogen-bond acceptors (Lipinski definition) is 3. The first-order chi connectivity index (χ1) is 10.8. The first-order valence-corrected chi connectivity index (χ1v) is 9.10. The summed E-state index contributed by atoms with van der Waals surface area (Å²) in [6.07, 6.45) is 0. The van der Waals surface area contributed by atoms with Crippen molar-refractivity contribution in [1.82, 2.24) is 9.97 Å². The largest absolute Gasteiger partial charge is 0.445 e. The lowest BCUT2D eigenvalue weighted by Gasteiger charge is -2.13. The van der Waals surface area contributed by atoms with Crippen LogP contribution in [0.1, 0.15) is 24.8 Å². The summed E-state index contributed by atoms with van der Waals surface area (Å²) in [5.41, 5.74) is 2.12. The molecule has 0 spiro atoms. The van der Waals surface area contributed by atoms with Gasteiger partial charge in [0.15, 0.2) is 11.6 Å². The fourth-order valence-electron chi connectivity index (χ4n) is 2.31. The van der Waals surface area contributed by atoms with Crippen LogP contribution >= 0.6 is 19.2 Å². The number of rotatable bonds is 4. The Kier molecular flexibility index (Phi) is 4.10. The van der Waals surface area contributed by atoms with E-state index in [1.54, 1.807) is 0 Å². The Bertz CT molecular complexity index is 896. The first-order valence-electron chi connectivity index (χ1n) is 7.06. The van der Waals surface area contributed by atoms with E-state index in [2.05, 4.69) is 9.97 Å². The van der Waals surface area contributed by atoms with Crippen LogP contribution in [0.4, 0.5) is 0 Å². The van der Waals surface area contributed by atoms with Crippen LogP contribution in [-0.2, 0) is 4.57 Å². The third-order valence-corrected chi connectivity index (χ3v) is 5.09. The zero-order valence-corrected chi connectivity index (χ0v) is 14.2. The number of nitrogens with one attached hydrogen (secondary N) is 1. The van der Waals surface area contributed by atoms with Crippen LogP contribution < -0.4 is 5.50 Å². The Morgan fingerprint density at radius 3 is 2.61 bits per heavy atom. The third kappa shape index (κ3) is 3.21. The Labute approximate surface area is 137 Å². The minimum absolute atomic E-state index is 0.101. The monoisotopic (exact) mass is 354 g/mol. The smallest absolute Gasteiger partial charge is 0.391 e. The highest BCUT2D eigenvalue weighted by molar-refractivity contribution is 7.59. The van der Waals surface area contributed by atoms with Crippen LogP contribution in [0.15, 0.2) is 34.7 Å². The minimum atomic E-state index is -4.41. The second kappa shape index (κ2) is 5.80. The molecule has 1 aromatic carbocycles. The van der Waals surface area contributed by atoms with Crippen molar-refractivity contribution in [2.75, 3.05) is 0 Å². The maximum atomic E-state index is 11.2. The zero-order chi connectivity index (χ0) is 16.8. The van der Waals surface area contributed by atoms with E-state index in [9.17, 15) is 4.57 Å². The molecule has 8 heteroatoms. The number of alkyl halides is 1. The summed E-state index contributed by atoms with van der Waals surface area (Å²) in [4.78, 5) is 25.7. The van der Waals surface area contributed by atoms with Gasteiger partial charge in [-0.1, -0.05) is 19.9 Å². The summed E-state index contributed by atoms with van der Waals surface area (Å²) in [7, 11) is -4.41. The highest BCUT2D eigenvalue weighted by Gasteiger charge is 2.23. The van der Waals surface area contributed by atoms with Gasteiger partial charge in [-0.3, -0.25) is 4.57 Å². The van der Waals surface area contributed by atoms with Crippen LogP contribution in [-0.4, -0.2) is 19.8 Å². The number of furan rings is 1. The lowest BCUT2D eigenvalue weighted by Crippen LogP contribution is -1.98. The zero-order valence-electron chi connectivity index (χ0n) is 12.5. The lowest BCUT2D eigenvalue weighted by molar-refractivity contribution is 0.377. The molecule has 2 heterocycles. The average molecular weight is 355 g/mol. The van der Waals surface area contributed by atoms with Gasteiger partial charge in [0, 0.05) is 0 Å². The summed E-state index contributed by atoms with van der Waals surface area (Å²) in [5, 5.41) is -0.101. The van der Waals surface area contributed by atoms with Gasteiger partial charge >= 0.3 is 7.60 Å². The molecule has 122 valence electrons. The molecule has 2 aromatic heterocycles. The number of aromatic amines is 1. The Morgan fingerprint density at radius 1 is 1.26 bits per heavy atom. The number of hydrogen-bond donors (Lipinski definition) is 3. The highest BCUT2D eigenvalue weighted by atomic mass is 35.5. The number of aromatic nitrogens is 2. The number of nitrogens with zero attached hydrogens (tertiary/aromatic N) is 1.